The average molecular weight is 404 g/mol. The monoisotopic (exact) mass is 404 g/mol. The molecule has 4 N–H and O–H groups in total. The maximum absolute atomic E-state index is 12.8. The van der Waals surface area contributed by atoms with Gasteiger partial charge in [-0.1, -0.05) is 30.3 Å². The van der Waals surface area contributed by atoms with E-state index in [1.165, 1.54) is 12.1 Å². The molecule has 5 rings (SSSR count). The first kappa shape index (κ1) is 17.3. The standard InChI is InChI=1S/C21H16N4O3S/c26-21-19(20-22-17-8-4-5-9-18(17)23-20)15-12-14(10-11-16(15)24-21)29(27,28)25-13-6-2-1-3-7-13/h1-12,24-26H,(H,22,23). The third-order valence-corrected chi connectivity index (χ3v) is 6.09. The van der Waals surface area contributed by atoms with E-state index in [1.807, 2.05) is 30.3 Å². The van der Waals surface area contributed by atoms with Gasteiger partial charge in [0.15, 0.2) is 0 Å². The summed E-state index contributed by atoms with van der Waals surface area (Å²) < 4.78 is 28.2. The molecular weight excluding hydrogens is 388 g/mol. The molecule has 7 nitrogen and oxygen atoms in total. The highest BCUT2D eigenvalue weighted by atomic mass is 32.2. The van der Waals surface area contributed by atoms with E-state index in [-0.39, 0.29) is 10.8 Å². The number of benzene rings is 3. The van der Waals surface area contributed by atoms with Crippen molar-refractivity contribution in [2.24, 2.45) is 0 Å². The van der Waals surface area contributed by atoms with Crippen molar-refractivity contribution in [3.8, 4) is 17.3 Å². The lowest BCUT2D eigenvalue weighted by molar-refractivity contribution is 0.460. The summed E-state index contributed by atoms with van der Waals surface area (Å²) in [5.41, 5.74) is 3.09. The highest BCUT2D eigenvalue weighted by Crippen LogP contribution is 2.37. The van der Waals surface area contributed by atoms with E-state index < -0.39 is 10.0 Å². The molecule has 29 heavy (non-hydrogen) atoms. The van der Waals surface area contributed by atoms with Crippen LogP contribution >= 0.6 is 0 Å². The zero-order chi connectivity index (χ0) is 20.0. The molecule has 0 atom stereocenters. The van der Waals surface area contributed by atoms with Gasteiger partial charge in [-0.15, -0.1) is 0 Å². The summed E-state index contributed by atoms with van der Waals surface area (Å²) in [6, 6.07) is 20.8. The van der Waals surface area contributed by atoms with E-state index >= 15 is 0 Å². The number of hydrogen-bond acceptors (Lipinski definition) is 4. The van der Waals surface area contributed by atoms with Crippen LogP contribution in [0.2, 0.25) is 0 Å². The number of fused-ring (bicyclic) bond motifs is 2. The van der Waals surface area contributed by atoms with Gasteiger partial charge in [0.1, 0.15) is 5.82 Å². The van der Waals surface area contributed by atoms with Gasteiger partial charge >= 0.3 is 0 Å². The Morgan fingerprint density at radius 1 is 0.862 bits per heavy atom. The number of hydrogen-bond donors (Lipinski definition) is 4. The first-order valence-electron chi connectivity index (χ1n) is 8.89. The number of nitrogens with zero attached hydrogens (tertiary/aromatic N) is 1. The molecule has 5 aromatic rings. The molecule has 144 valence electrons. The average Bonchev–Trinajstić information content (AvgIpc) is 3.27. The molecule has 2 heterocycles. The Morgan fingerprint density at radius 2 is 1.62 bits per heavy atom. The van der Waals surface area contributed by atoms with Gasteiger partial charge in [-0.2, -0.15) is 0 Å². The number of aromatic nitrogens is 3. The molecule has 2 aromatic heterocycles. The maximum Gasteiger partial charge on any atom is 0.261 e. The molecule has 0 aliphatic carbocycles. The fourth-order valence-electron chi connectivity index (χ4n) is 3.36. The Balaban J connectivity index is 1.64. The molecule has 0 fully saturated rings. The van der Waals surface area contributed by atoms with E-state index in [4.69, 9.17) is 0 Å². The Hall–Kier alpha value is -3.78. The lowest BCUT2D eigenvalue weighted by Crippen LogP contribution is -2.12. The first-order valence-corrected chi connectivity index (χ1v) is 10.4. The van der Waals surface area contributed by atoms with Crippen LogP contribution in [0.15, 0.2) is 77.7 Å². The summed E-state index contributed by atoms with van der Waals surface area (Å²) in [5, 5.41) is 11.0. The van der Waals surface area contributed by atoms with Crippen LogP contribution in [0, 0.1) is 0 Å². The number of aromatic amines is 2. The number of rotatable bonds is 4. The van der Waals surface area contributed by atoms with Gasteiger partial charge in [-0.3, -0.25) is 4.72 Å². The number of sulfonamides is 1. The van der Waals surface area contributed by atoms with Crippen LogP contribution in [0.25, 0.3) is 33.3 Å². The van der Waals surface area contributed by atoms with E-state index in [9.17, 15) is 13.5 Å². The van der Waals surface area contributed by atoms with Crippen LogP contribution in [0.3, 0.4) is 0 Å². The zero-order valence-electron chi connectivity index (χ0n) is 15.0. The van der Waals surface area contributed by atoms with Crippen molar-refractivity contribution >= 4 is 37.6 Å². The van der Waals surface area contributed by atoms with Crippen molar-refractivity contribution in [3.63, 3.8) is 0 Å². The molecule has 0 bridgehead atoms. The van der Waals surface area contributed by atoms with E-state index in [0.717, 1.165) is 11.0 Å². The molecule has 0 radical (unpaired) electrons. The number of imidazole rings is 1. The molecule has 0 aliphatic heterocycles. The SMILES string of the molecule is O=S(=O)(Nc1ccccc1)c1ccc2[nH]c(O)c(-c3nc4ccccc4[nH]3)c2c1. The van der Waals surface area contributed by atoms with Gasteiger partial charge in [0.25, 0.3) is 10.0 Å². The Morgan fingerprint density at radius 3 is 2.41 bits per heavy atom. The zero-order valence-corrected chi connectivity index (χ0v) is 15.9. The van der Waals surface area contributed by atoms with E-state index in [1.54, 1.807) is 30.3 Å². The van der Waals surface area contributed by atoms with Crippen molar-refractivity contribution in [3.05, 3.63) is 72.8 Å². The highest BCUT2D eigenvalue weighted by Gasteiger charge is 2.20. The summed E-state index contributed by atoms with van der Waals surface area (Å²) in [7, 11) is -3.80. The smallest absolute Gasteiger partial charge is 0.261 e. The normalized spacial score (nSPS) is 11.9. The summed E-state index contributed by atoms with van der Waals surface area (Å²) >= 11 is 0. The lowest BCUT2D eigenvalue weighted by atomic mass is 10.1. The van der Waals surface area contributed by atoms with Crippen molar-refractivity contribution < 1.29 is 13.5 Å². The van der Waals surface area contributed by atoms with E-state index in [0.29, 0.717) is 28.0 Å². The minimum Gasteiger partial charge on any atom is -0.494 e. The molecule has 0 saturated carbocycles. The predicted octanol–water partition coefficient (Wildman–Crippen LogP) is 4.22. The second-order valence-corrected chi connectivity index (χ2v) is 8.31. The number of aromatic hydroxyl groups is 1. The van der Waals surface area contributed by atoms with Crippen LogP contribution in [0.1, 0.15) is 0 Å². The van der Waals surface area contributed by atoms with Crippen molar-refractivity contribution in [2.45, 2.75) is 4.90 Å². The quantitative estimate of drug-likeness (QED) is 0.359. The third kappa shape index (κ3) is 2.99. The second-order valence-electron chi connectivity index (χ2n) is 6.63. The molecule has 3 aromatic carbocycles. The van der Waals surface area contributed by atoms with Gasteiger partial charge in [-0.25, -0.2) is 13.4 Å². The van der Waals surface area contributed by atoms with Crippen LogP contribution in [-0.4, -0.2) is 28.5 Å². The van der Waals surface area contributed by atoms with Gasteiger partial charge < -0.3 is 15.1 Å². The van der Waals surface area contributed by atoms with Gasteiger partial charge in [-0.05, 0) is 42.5 Å². The van der Waals surface area contributed by atoms with Gasteiger partial charge in [0, 0.05) is 16.6 Å². The van der Waals surface area contributed by atoms with Crippen LogP contribution in [0.5, 0.6) is 5.88 Å². The number of H-pyrrole nitrogens is 2. The summed E-state index contributed by atoms with van der Waals surface area (Å²) in [4.78, 5) is 10.7. The fraction of sp³-hybridized carbons (Fsp3) is 0. The highest BCUT2D eigenvalue weighted by molar-refractivity contribution is 7.92. The van der Waals surface area contributed by atoms with Crippen molar-refractivity contribution in [2.75, 3.05) is 4.72 Å². The molecule has 0 unspecified atom stereocenters. The number of nitrogens with one attached hydrogen (secondary N) is 3. The largest absolute Gasteiger partial charge is 0.494 e. The fourth-order valence-corrected chi connectivity index (χ4v) is 4.44. The van der Waals surface area contributed by atoms with Gasteiger partial charge in [0.2, 0.25) is 5.88 Å². The minimum atomic E-state index is -3.80. The predicted molar refractivity (Wildman–Crippen MR) is 112 cm³/mol. The molecule has 0 spiro atoms. The van der Waals surface area contributed by atoms with Crippen molar-refractivity contribution in [1.29, 1.82) is 0 Å². The number of anilines is 1. The Bertz CT molecular complexity index is 1420. The van der Waals surface area contributed by atoms with Crippen LogP contribution < -0.4 is 4.72 Å². The van der Waals surface area contributed by atoms with Crippen molar-refractivity contribution in [1.82, 2.24) is 15.0 Å². The lowest BCUT2D eigenvalue weighted by Gasteiger charge is -2.08. The van der Waals surface area contributed by atoms with Crippen LogP contribution in [0.4, 0.5) is 5.69 Å². The first-order chi connectivity index (χ1) is 14.0. The topological polar surface area (TPSA) is 111 Å². The minimum absolute atomic E-state index is 0.0791. The summed E-state index contributed by atoms with van der Waals surface area (Å²) in [6.07, 6.45) is 0. The Labute approximate surface area is 166 Å². The second kappa shape index (κ2) is 6.39. The summed E-state index contributed by atoms with van der Waals surface area (Å²) in [5.74, 6) is 0.380. The molecule has 0 saturated heterocycles. The van der Waals surface area contributed by atoms with Crippen LogP contribution in [-0.2, 0) is 10.0 Å². The molecular formula is C21H16N4O3S. The summed E-state index contributed by atoms with van der Waals surface area (Å²) in [6.45, 7) is 0. The molecule has 0 amide bonds. The molecule has 0 aliphatic rings. The third-order valence-electron chi connectivity index (χ3n) is 4.71. The Kier molecular flexibility index (Phi) is 3.82. The van der Waals surface area contributed by atoms with Gasteiger partial charge in [0.05, 0.1) is 21.5 Å². The maximum atomic E-state index is 12.8. The number of para-hydroxylation sites is 3. The van der Waals surface area contributed by atoms with E-state index in [2.05, 4.69) is 19.7 Å². The molecule has 8 heteroatoms.